The molecule has 0 saturated carbocycles. The van der Waals surface area contributed by atoms with Gasteiger partial charge in [-0.25, -0.2) is 9.97 Å². The van der Waals surface area contributed by atoms with Crippen LogP contribution >= 0.6 is 0 Å². The van der Waals surface area contributed by atoms with Crippen molar-refractivity contribution in [1.29, 1.82) is 0 Å². The molecular weight excluding hydrogens is 280 g/mol. The number of fused-ring (bicyclic) bond motifs is 1. The molecule has 0 aliphatic carbocycles. The fourth-order valence-electron chi connectivity index (χ4n) is 3.15. The highest BCUT2D eigenvalue weighted by Crippen LogP contribution is 2.28. The van der Waals surface area contributed by atoms with E-state index < -0.39 is 0 Å². The third kappa shape index (κ3) is 2.92. The summed E-state index contributed by atoms with van der Waals surface area (Å²) in [7, 11) is 1.75. The molecule has 0 spiro atoms. The number of nitrogens with zero attached hydrogens (tertiary/aromatic N) is 3. The van der Waals surface area contributed by atoms with E-state index in [2.05, 4.69) is 29.0 Å². The third-order valence-corrected chi connectivity index (χ3v) is 4.28. The summed E-state index contributed by atoms with van der Waals surface area (Å²) in [6, 6.07) is 0. The summed E-state index contributed by atoms with van der Waals surface area (Å²) >= 11 is 0. The van der Waals surface area contributed by atoms with Gasteiger partial charge in [0.15, 0.2) is 0 Å². The van der Waals surface area contributed by atoms with Gasteiger partial charge < -0.3 is 15.0 Å². The molecule has 3 rings (SSSR count). The molecule has 3 heterocycles. The Labute approximate surface area is 131 Å². The van der Waals surface area contributed by atoms with E-state index in [-0.39, 0.29) is 12.0 Å². The van der Waals surface area contributed by atoms with Gasteiger partial charge >= 0.3 is 0 Å². The maximum absolute atomic E-state index is 12.2. The van der Waals surface area contributed by atoms with E-state index in [0.717, 1.165) is 49.6 Å². The van der Waals surface area contributed by atoms with Gasteiger partial charge in [0.05, 0.1) is 6.10 Å². The number of amides is 1. The quantitative estimate of drug-likeness (QED) is 0.905. The lowest BCUT2D eigenvalue weighted by Gasteiger charge is -2.25. The second-order valence-electron chi connectivity index (χ2n) is 6.49. The van der Waals surface area contributed by atoms with Crippen molar-refractivity contribution in [2.75, 3.05) is 31.6 Å². The Balaban J connectivity index is 1.99. The molecule has 0 bridgehead atoms. The fourth-order valence-corrected chi connectivity index (χ4v) is 3.15. The van der Waals surface area contributed by atoms with E-state index in [1.165, 1.54) is 0 Å². The number of anilines is 1. The molecule has 0 aromatic carbocycles. The summed E-state index contributed by atoms with van der Waals surface area (Å²) in [5.74, 6) is 2.09. The first-order valence-corrected chi connectivity index (χ1v) is 8.04. The maximum Gasteiger partial charge on any atom is 0.270 e. The molecule has 1 unspecified atom stereocenters. The average molecular weight is 304 g/mol. The Hall–Kier alpha value is -1.69. The number of hydrogen-bond donors (Lipinski definition) is 1. The molecule has 1 aromatic rings. The molecule has 1 saturated heterocycles. The van der Waals surface area contributed by atoms with Crippen LogP contribution in [0.5, 0.6) is 0 Å². The molecule has 22 heavy (non-hydrogen) atoms. The van der Waals surface area contributed by atoms with E-state index in [0.29, 0.717) is 18.2 Å². The van der Waals surface area contributed by atoms with Gasteiger partial charge in [-0.05, 0) is 18.8 Å². The molecule has 2 aliphatic rings. The Morgan fingerprint density at radius 2 is 2.23 bits per heavy atom. The summed E-state index contributed by atoms with van der Waals surface area (Å²) in [5, 5.41) is 2.88. The Morgan fingerprint density at radius 1 is 1.41 bits per heavy atom. The highest BCUT2D eigenvalue weighted by atomic mass is 16.5. The first kappa shape index (κ1) is 15.2. The van der Waals surface area contributed by atoms with Crippen LogP contribution in [0.2, 0.25) is 0 Å². The van der Waals surface area contributed by atoms with Gasteiger partial charge in [0.25, 0.3) is 5.91 Å². The second-order valence-corrected chi connectivity index (χ2v) is 6.49. The summed E-state index contributed by atoms with van der Waals surface area (Å²) in [5.41, 5.74) is 1.56. The zero-order chi connectivity index (χ0) is 15.7. The van der Waals surface area contributed by atoms with E-state index >= 15 is 0 Å². The molecule has 1 atom stereocenters. The van der Waals surface area contributed by atoms with Gasteiger partial charge in [-0.1, -0.05) is 13.8 Å². The van der Waals surface area contributed by atoms with E-state index in [1.807, 2.05) is 0 Å². The summed E-state index contributed by atoms with van der Waals surface area (Å²) < 4.78 is 5.46. The number of rotatable bonds is 4. The molecule has 1 amide bonds. The molecule has 2 aliphatic heterocycles. The minimum Gasteiger partial charge on any atom is -0.380 e. The van der Waals surface area contributed by atoms with Crippen molar-refractivity contribution in [1.82, 2.24) is 15.3 Å². The zero-order valence-corrected chi connectivity index (χ0v) is 13.6. The van der Waals surface area contributed by atoms with Gasteiger partial charge in [0.1, 0.15) is 17.3 Å². The molecule has 120 valence electrons. The van der Waals surface area contributed by atoms with Crippen LogP contribution in [0, 0.1) is 5.92 Å². The lowest BCUT2D eigenvalue weighted by molar-refractivity contribution is 0.0940. The van der Waals surface area contributed by atoms with Gasteiger partial charge in [-0.15, -0.1) is 0 Å². The van der Waals surface area contributed by atoms with E-state index in [1.54, 1.807) is 7.11 Å². The van der Waals surface area contributed by atoms with E-state index in [4.69, 9.17) is 9.72 Å². The van der Waals surface area contributed by atoms with Gasteiger partial charge in [-0.3, -0.25) is 4.79 Å². The molecule has 1 N–H and O–H groups in total. The molecule has 1 aromatic heterocycles. The van der Waals surface area contributed by atoms with Crippen LogP contribution in [0.4, 0.5) is 5.82 Å². The maximum atomic E-state index is 12.2. The van der Waals surface area contributed by atoms with Gasteiger partial charge in [0.2, 0.25) is 0 Å². The molecule has 0 radical (unpaired) electrons. The molecule has 6 nitrogen and oxygen atoms in total. The highest BCUT2D eigenvalue weighted by Gasteiger charge is 2.30. The lowest BCUT2D eigenvalue weighted by Crippen LogP contribution is -2.36. The van der Waals surface area contributed by atoms with Crippen molar-refractivity contribution in [2.45, 2.75) is 39.2 Å². The Kier molecular flexibility index (Phi) is 4.29. The molecular formula is C16H24N4O2. The van der Waals surface area contributed by atoms with Crippen molar-refractivity contribution < 1.29 is 9.53 Å². The number of carbonyl (C=O) groups is 1. The predicted octanol–water partition coefficient (Wildman–Crippen LogP) is 1.19. The summed E-state index contributed by atoms with van der Waals surface area (Å²) in [6.45, 7) is 6.69. The van der Waals surface area contributed by atoms with Crippen molar-refractivity contribution in [3.8, 4) is 0 Å². The van der Waals surface area contributed by atoms with Crippen molar-refractivity contribution in [3.63, 3.8) is 0 Å². The number of aromatic nitrogens is 2. The van der Waals surface area contributed by atoms with Crippen LogP contribution in [-0.2, 0) is 17.6 Å². The Morgan fingerprint density at radius 3 is 2.91 bits per heavy atom. The summed E-state index contributed by atoms with van der Waals surface area (Å²) in [4.78, 5) is 23.7. The second kappa shape index (κ2) is 6.20. The Bertz CT molecular complexity index is 574. The highest BCUT2D eigenvalue weighted by molar-refractivity contribution is 5.96. The van der Waals surface area contributed by atoms with Crippen LogP contribution in [0.1, 0.15) is 42.1 Å². The zero-order valence-electron chi connectivity index (χ0n) is 13.6. The van der Waals surface area contributed by atoms with Gasteiger partial charge in [0, 0.05) is 38.7 Å². The minimum atomic E-state index is -0.0719. The lowest BCUT2D eigenvalue weighted by atomic mass is 10.0. The monoisotopic (exact) mass is 304 g/mol. The summed E-state index contributed by atoms with van der Waals surface area (Å²) in [6.07, 6.45) is 2.83. The number of ether oxygens (including phenoxy) is 1. The van der Waals surface area contributed by atoms with Crippen LogP contribution in [0.25, 0.3) is 0 Å². The molecule has 6 heteroatoms. The van der Waals surface area contributed by atoms with Crippen molar-refractivity contribution in [2.24, 2.45) is 5.92 Å². The number of nitrogens with one attached hydrogen (secondary N) is 1. The molecule has 1 fully saturated rings. The number of carbonyl (C=O) groups excluding carboxylic acids is 1. The predicted molar refractivity (Wildman–Crippen MR) is 84.2 cm³/mol. The van der Waals surface area contributed by atoms with Crippen LogP contribution in [-0.4, -0.2) is 48.7 Å². The van der Waals surface area contributed by atoms with Crippen LogP contribution < -0.4 is 10.2 Å². The first-order valence-electron chi connectivity index (χ1n) is 8.04. The van der Waals surface area contributed by atoms with Crippen molar-refractivity contribution in [3.05, 3.63) is 17.1 Å². The van der Waals surface area contributed by atoms with Crippen LogP contribution in [0.3, 0.4) is 0 Å². The minimum absolute atomic E-state index is 0.0719. The SMILES string of the molecule is COC1CCN(c2nc(CC(C)C)nc3c2CCNC3=O)C1. The van der Waals surface area contributed by atoms with Gasteiger partial charge in [-0.2, -0.15) is 0 Å². The normalized spacial score (nSPS) is 21.2. The average Bonchev–Trinajstić information content (AvgIpc) is 2.95. The number of methoxy groups -OCH3 is 1. The first-order chi connectivity index (χ1) is 10.6. The largest absolute Gasteiger partial charge is 0.380 e. The topological polar surface area (TPSA) is 67.3 Å². The fraction of sp³-hybridized carbons (Fsp3) is 0.688. The van der Waals surface area contributed by atoms with Crippen molar-refractivity contribution >= 4 is 11.7 Å². The number of hydrogen-bond acceptors (Lipinski definition) is 5. The van der Waals surface area contributed by atoms with Crippen LogP contribution in [0.15, 0.2) is 0 Å². The standard InChI is InChI=1S/C16H24N4O2/c1-10(2)8-13-18-14-12(4-6-17-16(14)21)15(19-13)20-7-5-11(9-20)22-3/h10-11H,4-9H2,1-3H3,(H,17,21). The third-order valence-electron chi connectivity index (χ3n) is 4.28. The van der Waals surface area contributed by atoms with E-state index in [9.17, 15) is 4.79 Å². The smallest absolute Gasteiger partial charge is 0.270 e.